The van der Waals surface area contributed by atoms with Crippen LogP contribution in [0.15, 0.2) is 35.1 Å². The quantitative estimate of drug-likeness (QED) is 0.585. The number of pyridine rings is 1. The lowest BCUT2D eigenvalue weighted by molar-refractivity contribution is 0.0904. The molecule has 170 valence electrons. The maximum absolute atomic E-state index is 13.4. The second kappa shape index (κ2) is 9.28. The monoisotopic (exact) mass is 436 g/mol. The Morgan fingerprint density at radius 1 is 1.34 bits per heavy atom. The molecule has 0 aliphatic carbocycles. The van der Waals surface area contributed by atoms with Gasteiger partial charge >= 0.3 is 0 Å². The summed E-state index contributed by atoms with van der Waals surface area (Å²) in [6, 6.07) is 9.38. The number of benzene rings is 1. The molecule has 32 heavy (non-hydrogen) atoms. The minimum Gasteiger partial charge on any atom is -0.376 e. The van der Waals surface area contributed by atoms with Crippen molar-refractivity contribution in [2.24, 2.45) is 5.92 Å². The Bertz CT molecular complexity index is 1140. The third-order valence-electron chi connectivity index (χ3n) is 6.54. The number of imidazole rings is 1. The van der Waals surface area contributed by atoms with Crippen LogP contribution in [0.1, 0.15) is 66.6 Å². The number of nitrogens with zero attached hydrogens (tertiary/aromatic N) is 2. The Kier molecular flexibility index (Phi) is 6.46. The molecule has 1 aliphatic rings. The lowest BCUT2D eigenvalue weighted by atomic mass is 9.97. The fourth-order valence-electron chi connectivity index (χ4n) is 4.47. The molecule has 1 aromatic carbocycles. The Hall–Kier alpha value is -2.93. The van der Waals surface area contributed by atoms with Crippen LogP contribution in [0.5, 0.6) is 0 Å². The van der Waals surface area contributed by atoms with Crippen molar-refractivity contribution in [3.63, 3.8) is 0 Å². The molecule has 3 aromatic rings. The van der Waals surface area contributed by atoms with Gasteiger partial charge in [0, 0.05) is 12.3 Å². The molecule has 1 aliphatic heterocycles. The van der Waals surface area contributed by atoms with E-state index in [0.29, 0.717) is 17.9 Å². The van der Waals surface area contributed by atoms with Crippen LogP contribution in [0.2, 0.25) is 0 Å². The zero-order valence-electron chi connectivity index (χ0n) is 19.3. The van der Waals surface area contributed by atoms with Crippen LogP contribution in [0.4, 0.5) is 0 Å². The van der Waals surface area contributed by atoms with Gasteiger partial charge in [0.15, 0.2) is 0 Å². The molecule has 0 radical (unpaired) electrons. The van der Waals surface area contributed by atoms with Crippen LogP contribution in [0, 0.1) is 19.8 Å². The molecule has 4 rings (SSSR count). The van der Waals surface area contributed by atoms with Crippen molar-refractivity contribution >= 4 is 16.9 Å². The van der Waals surface area contributed by atoms with Gasteiger partial charge in [-0.05, 0) is 56.4 Å². The summed E-state index contributed by atoms with van der Waals surface area (Å²) in [6.45, 7) is 9.09. The summed E-state index contributed by atoms with van der Waals surface area (Å²) < 4.78 is 7.40. The standard InChI is InChI=1S/C25H32N4O3/c1-5-15(2)22(23-26-19-10-6-7-11-20(19)27-23)28-24(30)21-16(3)13-17(4)29(25(21)31)14-18-9-8-12-32-18/h6-7,10-11,13,15,18,22H,5,8-9,12,14H2,1-4H3,(H,26,27)(H,28,30). The van der Waals surface area contributed by atoms with Gasteiger partial charge in [-0.15, -0.1) is 0 Å². The molecular formula is C25H32N4O3. The molecule has 7 heteroatoms. The summed E-state index contributed by atoms with van der Waals surface area (Å²) in [6.07, 6.45) is 2.82. The molecule has 2 aromatic heterocycles. The van der Waals surface area contributed by atoms with Gasteiger partial charge in [0.05, 0.1) is 29.7 Å². The summed E-state index contributed by atoms with van der Waals surface area (Å²) in [5.74, 6) is 0.483. The molecule has 1 fully saturated rings. The third-order valence-corrected chi connectivity index (χ3v) is 6.54. The van der Waals surface area contributed by atoms with Crippen molar-refractivity contribution in [3.05, 3.63) is 63.3 Å². The summed E-state index contributed by atoms with van der Waals surface area (Å²) in [7, 11) is 0. The number of fused-ring (bicyclic) bond motifs is 1. The van der Waals surface area contributed by atoms with Gasteiger partial charge < -0.3 is 19.6 Å². The first-order chi connectivity index (χ1) is 15.4. The number of aryl methyl sites for hydroxylation is 2. The molecule has 2 N–H and O–H groups in total. The van der Waals surface area contributed by atoms with Crippen LogP contribution in [-0.2, 0) is 11.3 Å². The fraction of sp³-hybridized carbons (Fsp3) is 0.480. The van der Waals surface area contributed by atoms with Gasteiger partial charge in [-0.3, -0.25) is 9.59 Å². The van der Waals surface area contributed by atoms with Crippen molar-refractivity contribution in [1.82, 2.24) is 19.9 Å². The van der Waals surface area contributed by atoms with E-state index >= 15 is 0 Å². The molecular weight excluding hydrogens is 404 g/mol. The van der Waals surface area contributed by atoms with Crippen molar-refractivity contribution in [2.75, 3.05) is 6.61 Å². The number of rotatable bonds is 7. The molecule has 3 unspecified atom stereocenters. The van der Waals surface area contributed by atoms with E-state index in [1.165, 1.54) is 0 Å². The lowest BCUT2D eigenvalue weighted by Gasteiger charge is -2.23. The number of nitrogens with one attached hydrogen (secondary N) is 2. The van der Waals surface area contributed by atoms with Gasteiger partial charge in [-0.1, -0.05) is 32.4 Å². The summed E-state index contributed by atoms with van der Waals surface area (Å²) in [5.41, 5.74) is 3.24. The van der Waals surface area contributed by atoms with Crippen molar-refractivity contribution < 1.29 is 9.53 Å². The number of aromatic amines is 1. The molecule has 0 saturated carbocycles. The molecule has 7 nitrogen and oxygen atoms in total. The number of carbonyl (C=O) groups excluding carboxylic acids is 1. The van der Waals surface area contributed by atoms with E-state index in [0.717, 1.165) is 42.6 Å². The van der Waals surface area contributed by atoms with Crippen molar-refractivity contribution in [3.8, 4) is 0 Å². The Morgan fingerprint density at radius 2 is 2.12 bits per heavy atom. The van der Waals surface area contributed by atoms with Gasteiger partial charge in [0.25, 0.3) is 11.5 Å². The lowest BCUT2D eigenvalue weighted by Crippen LogP contribution is -2.39. The number of ether oxygens (including phenoxy) is 1. The van der Waals surface area contributed by atoms with E-state index in [4.69, 9.17) is 9.72 Å². The van der Waals surface area contributed by atoms with Gasteiger partial charge in [0.2, 0.25) is 0 Å². The van der Waals surface area contributed by atoms with Gasteiger partial charge in [0.1, 0.15) is 11.4 Å². The second-order valence-corrected chi connectivity index (χ2v) is 8.87. The van der Waals surface area contributed by atoms with E-state index < -0.39 is 0 Å². The average Bonchev–Trinajstić information content (AvgIpc) is 3.43. The first-order valence-corrected chi connectivity index (χ1v) is 11.5. The second-order valence-electron chi connectivity index (χ2n) is 8.87. The number of hydrogen-bond donors (Lipinski definition) is 2. The summed E-state index contributed by atoms with van der Waals surface area (Å²) >= 11 is 0. The zero-order valence-corrected chi connectivity index (χ0v) is 19.3. The van der Waals surface area contributed by atoms with Gasteiger partial charge in [-0.2, -0.15) is 0 Å². The van der Waals surface area contributed by atoms with E-state index in [-0.39, 0.29) is 35.1 Å². The predicted molar refractivity (Wildman–Crippen MR) is 125 cm³/mol. The highest BCUT2D eigenvalue weighted by atomic mass is 16.5. The van der Waals surface area contributed by atoms with E-state index in [2.05, 4.69) is 24.1 Å². The Morgan fingerprint density at radius 3 is 2.81 bits per heavy atom. The normalized spacial score (nSPS) is 18.1. The third kappa shape index (κ3) is 4.35. The van der Waals surface area contributed by atoms with Gasteiger partial charge in [-0.25, -0.2) is 4.98 Å². The van der Waals surface area contributed by atoms with Crippen molar-refractivity contribution in [1.29, 1.82) is 0 Å². The highest BCUT2D eigenvalue weighted by Gasteiger charge is 2.27. The predicted octanol–water partition coefficient (Wildman–Crippen LogP) is 4.04. The van der Waals surface area contributed by atoms with Crippen LogP contribution in [-0.4, -0.2) is 33.2 Å². The number of para-hydroxylation sites is 2. The number of amides is 1. The van der Waals surface area contributed by atoms with Crippen LogP contribution in [0.25, 0.3) is 11.0 Å². The highest BCUT2D eigenvalue weighted by molar-refractivity contribution is 5.95. The first-order valence-electron chi connectivity index (χ1n) is 11.5. The Balaban J connectivity index is 1.66. The van der Waals surface area contributed by atoms with E-state index in [9.17, 15) is 9.59 Å². The smallest absolute Gasteiger partial charge is 0.263 e. The maximum Gasteiger partial charge on any atom is 0.263 e. The van der Waals surface area contributed by atoms with E-state index in [1.807, 2.05) is 44.2 Å². The average molecular weight is 437 g/mol. The Labute approximate surface area is 188 Å². The molecule has 0 spiro atoms. The summed E-state index contributed by atoms with van der Waals surface area (Å²) in [4.78, 5) is 34.8. The molecule has 3 heterocycles. The highest BCUT2D eigenvalue weighted by Crippen LogP contribution is 2.25. The number of carbonyl (C=O) groups is 1. The van der Waals surface area contributed by atoms with E-state index in [1.54, 1.807) is 4.57 Å². The van der Waals surface area contributed by atoms with Crippen LogP contribution >= 0.6 is 0 Å². The topological polar surface area (TPSA) is 89.0 Å². The number of aromatic nitrogens is 3. The largest absolute Gasteiger partial charge is 0.376 e. The van der Waals surface area contributed by atoms with Crippen LogP contribution < -0.4 is 10.9 Å². The van der Waals surface area contributed by atoms with Crippen LogP contribution in [0.3, 0.4) is 0 Å². The SMILES string of the molecule is CCC(C)C(NC(=O)c1c(C)cc(C)n(CC2CCCO2)c1=O)c1nc2ccccc2[nH]1. The molecule has 1 amide bonds. The molecule has 3 atom stereocenters. The molecule has 1 saturated heterocycles. The number of hydrogen-bond acceptors (Lipinski definition) is 4. The zero-order chi connectivity index (χ0) is 22.8. The van der Waals surface area contributed by atoms with Crippen molar-refractivity contribution in [2.45, 2.75) is 65.6 Å². The summed E-state index contributed by atoms with van der Waals surface area (Å²) in [5, 5.41) is 3.11. The number of H-pyrrole nitrogens is 1. The maximum atomic E-state index is 13.4. The molecule has 0 bridgehead atoms. The minimum atomic E-state index is -0.362. The fourth-order valence-corrected chi connectivity index (χ4v) is 4.47. The minimum absolute atomic E-state index is 0.0217. The first kappa shape index (κ1) is 22.3.